The minimum absolute atomic E-state index is 0.388. The molecule has 2 N–H and O–H groups in total. The van der Waals surface area contributed by atoms with Crippen LogP contribution in [0.4, 0.5) is 0 Å². The first-order chi connectivity index (χ1) is 9.97. The van der Waals surface area contributed by atoms with E-state index >= 15 is 0 Å². The van der Waals surface area contributed by atoms with Crippen LogP contribution in [-0.4, -0.2) is 24.5 Å². The minimum Gasteiger partial charge on any atom is -0.327 e. The van der Waals surface area contributed by atoms with E-state index in [-0.39, 0.29) is 0 Å². The highest BCUT2D eigenvalue weighted by Gasteiger charge is 2.30. The lowest BCUT2D eigenvalue weighted by atomic mass is 9.74. The molecule has 0 saturated heterocycles. The van der Waals surface area contributed by atoms with Crippen LogP contribution in [0.5, 0.6) is 0 Å². The Morgan fingerprint density at radius 2 is 1.95 bits per heavy atom. The molecule has 1 aromatic carbocycles. The average molecular weight is 288 g/mol. The van der Waals surface area contributed by atoms with Gasteiger partial charge in [-0.25, -0.2) is 0 Å². The zero-order valence-corrected chi connectivity index (χ0v) is 14.2. The predicted molar refractivity (Wildman–Crippen MR) is 91.2 cm³/mol. The molecule has 3 unspecified atom stereocenters. The van der Waals surface area contributed by atoms with E-state index in [2.05, 4.69) is 57.0 Å². The highest BCUT2D eigenvalue weighted by Crippen LogP contribution is 2.33. The highest BCUT2D eigenvalue weighted by atomic mass is 15.1. The standard InChI is InChI=1S/C19H32N2/c1-14(2)16-9-10-19(20)18(11-16)13-21(4)12-17-8-6-5-7-15(17)3/h5-8,14,16,18-19H,9-13,20H2,1-4H3. The Bertz CT molecular complexity index is 441. The Kier molecular flexibility index (Phi) is 5.83. The Morgan fingerprint density at radius 1 is 1.24 bits per heavy atom. The monoisotopic (exact) mass is 288 g/mol. The van der Waals surface area contributed by atoms with Gasteiger partial charge in [-0.05, 0) is 62.1 Å². The molecule has 2 rings (SSSR count). The Hall–Kier alpha value is -0.860. The molecule has 2 nitrogen and oxygen atoms in total. The average Bonchev–Trinajstić information content (AvgIpc) is 2.43. The summed E-state index contributed by atoms with van der Waals surface area (Å²) in [5.41, 5.74) is 9.21. The summed E-state index contributed by atoms with van der Waals surface area (Å²) in [4.78, 5) is 2.45. The third kappa shape index (κ3) is 4.55. The first-order valence-electron chi connectivity index (χ1n) is 8.46. The van der Waals surface area contributed by atoms with Gasteiger partial charge in [-0.2, -0.15) is 0 Å². The van der Waals surface area contributed by atoms with E-state index in [9.17, 15) is 0 Å². The number of benzene rings is 1. The van der Waals surface area contributed by atoms with E-state index in [1.54, 1.807) is 0 Å². The molecule has 0 bridgehead atoms. The molecule has 1 saturated carbocycles. The van der Waals surface area contributed by atoms with E-state index < -0.39 is 0 Å². The van der Waals surface area contributed by atoms with Gasteiger partial charge < -0.3 is 10.6 Å². The zero-order valence-electron chi connectivity index (χ0n) is 14.2. The molecule has 1 fully saturated rings. The lowest BCUT2D eigenvalue weighted by Crippen LogP contribution is -2.42. The van der Waals surface area contributed by atoms with Crippen molar-refractivity contribution in [1.29, 1.82) is 0 Å². The lowest BCUT2D eigenvalue weighted by molar-refractivity contribution is 0.147. The van der Waals surface area contributed by atoms with Gasteiger partial charge in [0.1, 0.15) is 0 Å². The molecule has 0 heterocycles. The molecule has 21 heavy (non-hydrogen) atoms. The summed E-state index contributed by atoms with van der Waals surface area (Å²) in [7, 11) is 2.23. The number of hydrogen-bond donors (Lipinski definition) is 1. The minimum atomic E-state index is 0.388. The van der Waals surface area contributed by atoms with Gasteiger partial charge in [-0.15, -0.1) is 0 Å². The van der Waals surface area contributed by atoms with Gasteiger partial charge >= 0.3 is 0 Å². The fourth-order valence-corrected chi connectivity index (χ4v) is 3.68. The van der Waals surface area contributed by atoms with E-state index in [0.29, 0.717) is 12.0 Å². The molecular formula is C19H32N2. The summed E-state index contributed by atoms with van der Waals surface area (Å²) in [5.74, 6) is 2.31. The molecule has 3 atom stereocenters. The van der Waals surface area contributed by atoms with Crippen molar-refractivity contribution in [2.45, 2.75) is 52.6 Å². The quantitative estimate of drug-likeness (QED) is 0.892. The second kappa shape index (κ2) is 7.42. The van der Waals surface area contributed by atoms with Crippen LogP contribution < -0.4 is 5.73 Å². The second-order valence-corrected chi connectivity index (χ2v) is 7.36. The van der Waals surface area contributed by atoms with Crippen molar-refractivity contribution >= 4 is 0 Å². The molecule has 1 aliphatic rings. The lowest BCUT2D eigenvalue weighted by Gasteiger charge is -2.38. The molecule has 0 radical (unpaired) electrons. The van der Waals surface area contributed by atoms with Gasteiger partial charge in [0.25, 0.3) is 0 Å². The van der Waals surface area contributed by atoms with Crippen molar-refractivity contribution in [1.82, 2.24) is 4.90 Å². The van der Waals surface area contributed by atoms with Crippen molar-refractivity contribution in [3.8, 4) is 0 Å². The molecule has 1 aliphatic carbocycles. The van der Waals surface area contributed by atoms with E-state index in [4.69, 9.17) is 5.73 Å². The fourth-order valence-electron chi connectivity index (χ4n) is 3.68. The van der Waals surface area contributed by atoms with Crippen molar-refractivity contribution in [2.24, 2.45) is 23.5 Å². The smallest absolute Gasteiger partial charge is 0.0233 e. The van der Waals surface area contributed by atoms with Crippen LogP contribution in [0.2, 0.25) is 0 Å². The predicted octanol–water partition coefficient (Wildman–Crippen LogP) is 3.83. The Morgan fingerprint density at radius 3 is 2.62 bits per heavy atom. The molecular weight excluding hydrogens is 256 g/mol. The van der Waals surface area contributed by atoms with Gasteiger partial charge in [-0.1, -0.05) is 38.1 Å². The summed E-state index contributed by atoms with van der Waals surface area (Å²) >= 11 is 0. The maximum Gasteiger partial charge on any atom is 0.0233 e. The van der Waals surface area contributed by atoms with Crippen LogP contribution in [0.1, 0.15) is 44.2 Å². The molecule has 0 spiro atoms. The molecule has 2 heteroatoms. The summed E-state index contributed by atoms with van der Waals surface area (Å²) in [5, 5.41) is 0. The van der Waals surface area contributed by atoms with Crippen LogP contribution in [0.3, 0.4) is 0 Å². The summed E-state index contributed by atoms with van der Waals surface area (Å²) in [6, 6.07) is 9.08. The summed E-state index contributed by atoms with van der Waals surface area (Å²) in [6.45, 7) is 9.07. The molecule has 1 aromatic rings. The third-order valence-electron chi connectivity index (χ3n) is 5.27. The van der Waals surface area contributed by atoms with Crippen molar-refractivity contribution < 1.29 is 0 Å². The SMILES string of the molecule is Cc1ccccc1CN(C)CC1CC(C(C)C)CCC1N. The van der Waals surface area contributed by atoms with Crippen LogP contribution >= 0.6 is 0 Å². The number of nitrogens with two attached hydrogens (primary N) is 1. The van der Waals surface area contributed by atoms with E-state index in [1.807, 2.05) is 0 Å². The number of hydrogen-bond acceptors (Lipinski definition) is 2. The van der Waals surface area contributed by atoms with Gasteiger partial charge in [0, 0.05) is 19.1 Å². The van der Waals surface area contributed by atoms with Crippen molar-refractivity contribution in [3.63, 3.8) is 0 Å². The molecule has 0 aliphatic heterocycles. The first-order valence-corrected chi connectivity index (χ1v) is 8.46. The molecule has 0 aromatic heterocycles. The van der Waals surface area contributed by atoms with Crippen LogP contribution in [0.15, 0.2) is 24.3 Å². The normalized spacial score (nSPS) is 26.5. The third-order valence-corrected chi connectivity index (χ3v) is 5.27. The molecule has 118 valence electrons. The fraction of sp³-hybridized carbons (Fsp3) is 0.684. The van der Waals surface area contributed by atoms with Gasteiger partial charge in [0.2, 0.25) is 0 Å². The highest BCUT2D eigenvalue weighted by molar-refractivity contribution is 5.25. The Balaban J connectivity index is 1.92. The maximum absolute atomic E-state index is 6.39. The summed E-state index contributed by atoms with van der Waals surface area (Å²) < 4.78 is 0. The first kappa shape index (κ1) is 16.5. The van der Waals surface area contributed by atoms with Crippen LogP contribution in [0, 0.1) is 24.7 Å². The number of rotatable bonds is 5. The van der Waals surface area contributed by atoms with Gasteiger partial charge in [0.05, 0.1) is 0 Å². The number of aryl methyl sites for hydroxylation is 1. The van der Waals surface area contributed by atoms with Crippen molar-refractivity contribution in [2.75, 3.05) is 13.6 Å². The van der Waals surface area contributed by atoms with Crippen LogP contribution in [0.25, 0.3) is 0 Å². The molecule has 0 amide bonds. The van der Waals surface area contributed by atoms with Crippen LogP contribution in [-0.2, 0) is 6.54 Å². The zero-order chi connectivity index (χ0) is 15.4. The second-order valence-electron chi connectivity index (χ2n) is 7.36. The maximum atomic E-state index is 6.39. The Labute approximate surface area is 130 Å². The summed E-state index contributed by atoms with van der Waals surface area (Å²) in [6.07, 6.45) is 3.82. The van der Waals surface area contributed by atoms with Gasteiger partial charge in [-0.3, -0.25) is 0 Å². The largest absolute Gasteiger partial charge is 0.327 e. The van der Waals surface area contributed by atoms with E-state index in [1.165, 1.54) is 30.4 Å². The van der Waals surface area contributed by atoms with Gasteiger partial charge in [0.15, 0.2) is 0 Å². The number of nitrogens with zero attached hydrogens (tertiary/aromatic N) is 1. The van der Waals surface area contributed by atoms with Crippen molar-refractivity contribution in [3.05, 3.63) is 35.4 Å². The topological polar surface area (TPSA) is 29.3 Å². The van der Waals surface area contributed by atoms with E-state index in [0.717, 1.165) is 24.9 Å².